The van der Waals surface area contributed by atoms with Gasteiger partial charge < -0.3 is 9.84 Å². The van der Waals surface area contributed by atoms with Gasteiger partial charge in [0, 0.05) is 20.1 Å². The Morgan fingerprint density at radius 3 is 2.56 bits per heavy atom. The molecule has 0 spiro atoms. The second-order valence-corrected chi connectivity index (χ2v) is 5.21. The van der Waals surface area contributed by atoms with Crippen molar-refractivity contribution in [2.45, 2.75) is 19.4 Å². The zero-order chi connectivity index (χ0) is 12.8. The fraction of sp³-hybridized carbons (Fsp3) is 0.875. The topological polar surface area (TPSA) is 95.9 Å². The maximum atomic E-state index is 11.5. The van der Waals surface area contributed by atoms with E-state index in [0.29, 0.717) is 0 Å². The molecule has 0 aliphatic rings. The molecule has 7 nitrogen and oxygen atoms in total. The van der Waals surface area contributed by atoms with E-state index in [0.717, 1.165) is 4.31 Å². The molecule has 0 aromatic carbocycles. The van der Waals surface area contributed by atoms with Crippen LogP contribution in [0.3, 0.4) is 0 Å². The van der Waals surface area contributed by atoms with Crippen LogP contribution in [-0.4, -0.2) is 57.1 Å². The van der Waals surface area contributed by atoms with E-state index in [1.165, 1.54) is 21.1 Å². The van der Waals surface area contributed by atoms with Crippen LogP contribution >= 0.6 is 0 Å². The smallest absolute Gasteiger partial charge is 0.306 e. The fourth-order valence-corrected chi connectivity index (χ4v) is 1.81. The van der Waals surface area contributed by atoms with Gasteiger partial charge in [-0.3, -0.25) is 4.79 Å². The van der Waals surface area contributed by atoms with E-state index < -0.39 is 22.3 Å². The molecule has 0 aliphatic carbocycles. The van der Waals surface area contributed by atoms with E-state index in [2.05, 4.69) is 9.46 Å². The van der Waals surface area contributed by atoms with Gasteiger partial charge in [0.05, 0.1) is 19.6 Å². The molecule has 0 heterocycles. The quantitative estimate of drug-likeness (QED) is 0.550. The average Bonchev–Trinajstić information content (AvgIpc) is 2.22. The van der Waals surface area contributed by atoms with Crippen LogP contribution in [0.5, 0.6) is 0 Å². The second-order valence-electron chi connectivity index (χ2n) is 3.35. The van der Waals surface area contributed by atoms with Crippen molar-refractivity contribution in [2.24, 2.45) is 0 Å². The molecule has 0 aliphatic heterocycles. The first kappa shape index (κ1) is 15.3. The lowest BCUT2D eigenvalue weighted by molar-refractivity contribution is -0.140. The summed E-state index contributed by atoms with van der Waals surface area (Å²) >= 11 is 0. The molecule has 0 bridgehead atoms. The Morgan fingerprint density at radius 2 is 2.12 bits per heavy atom. The Kier molecular flexibility index (Phi) is 6.49. The molecule has 0 saturated heterocycles. The van der Waals surface area contributed by atoms with Crippen molar-refractivity contribution < 1.29 is 23.1 Å². The number of methoxy groups -OCH3 is 1. The van der Waals surface area contributed by atoms with Gasteiger partial charge in [0.25, 0.3) is 10.2 Å². The lowest BCUT2D eigenvalue weighted by Crippen LogP contribution is -2.41. The van der Waals surface area contributed by atoms with Crippen LogP contribution in [0, 0.1) is 0 Å². The van der Waals surface area contributed by atoms with E-state index in [1.807, 2.05) is 0 Å². The summed E-state index contributed by atoms with van der Waals surface area (Å²) in [5, 5.41) is 8.93. The van der Waals surface area contributed by atoms with Gasteiger partial charge in [-0.15, -0.1) is 0 Å². The first-order valence-electron chi connectivity index (χ1n) is 4.75. The van der Waals surface area contributed by atoms with Crippen LogP contribution in [0.25, 0.3) is 0 Å². The molecule has 8 heteroatoms. The van der Waals surface area contributed by atoms with Crippen molar-refractivity contribution in [1.82, 2.24) is 9.03 Å². The Morgan fingerprint density at radius 1 is 1.56 bits per heavy atom. The number of esters is 1. The van der Waals surface area contributed by atoms with Crippen molar-refractivity contribution >= 4 is 16.2 Å². The average molecular weight is 254 g/mol. The number of rotatable bonds is 7. The zero-order valence-electron chi connectivity index (χ0n) is 9.63. The predicted octanol–water partition coefficient (Wildman–Crippen LogP) is -1.30. The summed E-state index contributed by atoms with van der Waals surface area (Å²) in [5.41, 5.74) is 0. The first-order valence-corrected chi connectivity index (χ1v) is 6.19. The Balaban J connectivity index is 4.14. The molecular weight excluding hydrogens is 236 g/mol. The largest absolute Gasteiger partial charge is 0.469 e. The Hall–Kier alpha value is -0.700. The van der Waals surface area contributed by atoms with Gasteiger partial charge in [-0.05, 0) is 6.92 Å². The van der Waals surface area contributed by atoms with Crippen molar-refractivity contribution in [3.8, 4) is 0 Å². The molecule has 16 heavy (non-hydrogen) atoms. The third-order valence-corrected chi connectivity index (χ3v) is 3.36. The summed E-state index contributed by atoms with van der Waals surface area (Å²) in [4.78, 5) is 10.8. The molecule has 0 amide bonds. The van der Waals surface area contributed by atoms with Crippen LogP contribution in [0.4, 0.5) is 0 Å². The number of hydrogen-bond acceptors (Lipinski definition) is 5. The maximum Gasteiger partial charge on any atom is 0.306 e. The normalized spacial score (nSPS) is 13.8. The number of ether oxygens (including phenoxy) is 1. The number of carbonyl (C=O) groups is 1. The molecule has 0 saturated carbocycles. The van der Waals surface area contributed by atoms with Crippen LogP contribution < -0.4 is 4.72 Å². The number of nitrogens with zero attached hydrogens (tertiary/aromatic N) is 1. The molecular formula is C8H18N2O5S. The summed E-state index contributed by atoms with van der Waals surface area (Å²) in [5.74, 6) is -0.474. The predicted molar refractivity (Wildman–Crippen MR) is 57.9 cm³/mol. The molecule has 0 aromatic rings. The molecule has 2 N–H and O–H groups in total. The minimum atomic E-state index is -3.64. The highest BCUT2D eigenvalue weighted by Crippen LogP contribution is 1.97. The number of aliphatic hydroxyl groups is 1. The van der Waals surface area contributed by atoms with Gasteiger partial charge in [-0.25, -0.2) is 0 Å². The number of nitrogens with one attached hydrogen (secondary N) is 1. The van der Waals surface area contributed by atoms with Gasteiger partial charge >= 0.3 is 5.97 Å². The Labute approximate surface area is 95.6 Å². The maximum absolute atomic E-state index is 11.5. The molecule has 0 aromatic heterocycles. The minimum Gasteiger partial charge on any atom is -0.469 e. The molecule has 0 unspecified atom stereocenters. The highest BCUT2D eigenvalue weighted by molar-refractivity contribution is 7.87. The SMILES string of the molecule is COC(=O)CCN(C)S(=O)(=O)NC[C@H](C)O. The van der Waals surface area contributed by atoms with Crippen LogP contribution in [0.15, 0.2) is 0 Å². The third-order valence-electron chi connectivity index (χ3n) is 1.83. The highest BCUT2D eigenvalue weighted by Gasteiger charge is 2.18. The fourth-order valence-electron chi connectivity index (χ4n) is 0.807. The Bertz CT molecular complexity index is 314. The van der Waals surface area contributed by atoms with Crippen LogP contribution in [0.2, 0.25) is 0 Å². The summed E-state index contributed by atoms with van der Waals surface area (Å²) in [6.07, 6.45) is -0.772. The standard InChI is InChI=1S/C8H18N2O5S/c1-7(11)6-9-16(13,14)10(2)5-4-8(12)15-3/h7,9,11H,4-6H2,1-3H3/t7-/m0/s1. The van der Waals surface area contributed by atoms with E-state index in [9.17, 15) is 13.2 Å². The van der Waals surface area contributed by atoms with Crippen molar-refractivity contribution in [3.05, 3.63) is 0 Å². The summed E-state index contributed by atoms with van der Waals surface area (Å²) in [6.45, 7) is 1.43. The van der Waals surface area contributed by atoms with E-state index in [1.54, 1.807) is 0 Å². The number of hydrogen-bond donors (Lipinski definition) is 2. The summed E-state index contributed by atoms with van der Waals surface area (Å²) in [7, 11) is -1.06. The molecule has 0 rings (SSSR count). The number of aliphatic hydroxyl groups excluding tert-OH is 1. The van der Waals surface area contributed by atoms with Gasteiger partial charge in [0.1, 0.15) is 0 Å². The lowest BCUT2D eigenvalue weighted by Gasteiger charge is -2.17. The first-order chi connectivity index (χ1) is 7.29. The molecule has 0 fully saturated rings. The van der Waals surface area contributed by atoms with Gasteiger partial charge in [0.15, 0.2) is 0 Å². The molecule has 0 radical (unpaired) electrons. The van der Waals surface area contributed by atoms with Crippen molar-refractivity contribution in [1.29, 1.82) is 0 Å². The lowest BCUT2D eigenvalue weighted by atomic mass is 10.4. The zero-order valence-corrected chi connectivity index (χ0v) is 10.5. The second kappa shape index (κ2) is 6.79. The number of carbonyl (C=O) groups excluding carboxylic acids is 1. The van der Waals surface area contributed by atoms with Crippen LogP contribution in [-0.2, 0) is 19.7 Å². The van der Waals surface area contributed by atoms with Crippen LogP contribution in [0.1, 0.15) is 13.3 Å². The minimum absolute atomic E-state index is 0.0113. The molecule has 1 atom stereocenters. The summed E-state index contributed by atoms with van der Waals surface area (Å²) in [6, 6.07) is 0. The monoisotopic (exact) mass is 254 g/mol. The van der Waals surface area contributed by atoms with Gasteiger partial charge in [-0.1, -0.05) is 0 Å². The van der Waals surface area contributed by atoms with E-state index in [-0.39, 0.29) is 19.5 Å². The van der Waals surface area contributed by atoms with Crippen molar-refractivity contribution in [3.63, 3.8) is 0 Å². The van der Waals surface area contributed by atoms with Gasteiger partial charge in [-0.2, -0.15) is 17.4 Å². The van der Waals surface area contributed by atoms with Gasteiger partial charge in [0.2, 0.25) is 0 Å². The van der Waals surface area contributed by atoms with E-state index in [4.69, 9.17) is 5.11 Å². The van der Waals surface area contributed by atoms with Crippen molar-refractivity contribution in [2.75, 3.05) is 27.2 Å². The summed E-state index contributed by atoms with van der Waals surface area (Å²) < 4.78 is 30.6. The molecule has 96 valence electrons. The highest BCUT2D eigenvalue weighted by atomic mass is 32.2. The third kappa shape index (κ3) is 6.01. The van der Waals surface area contributed by atoms with E-state index >= 15 is 0 Å².